The van der Waals surface area contributed by atoms with Crippen LogP contribution in [0.25, 0.3) is 0 Å². The molecule has 0 fully saturated rings. The molecular weight excluding hydrogens is 250 g/mol. The summed E-state index contributed by atoms with van der Waals surface area (Å²) in [7, 11) is -3.68. The maximum atomic E-state index is 12.0. The minimum atomic E-state index is -3.68. The Labute approximate surface area is 97.7 Å². The Kier molecular flexibility index (Phi) is 2.69. The van der Waals surface area contributed by atoms with Crippen LogP contribution in [0.3, 0.4) is 0 Å². The lowest BCUT2D eigenvalue weighted by Crippen LogP contribution is -2.13. The first-order valence-electron chi connectivity index (χ1n) is 4.39. The fourth-order valence-electron chi connectivity index (χ4n) is 1.16. The Morgan fingerprint density at radius 3 is 2.38 bits per heavy atom. The number of aryl methyl sites for hydroxylation is 1. The molecule has 1 aromatic heterocycles. The molecule has 0 aliphatic carbocycles. The molecule has 0 spiro atoms. The zero-order chi connectivity index (χ0) is 11.8. The summed E-state index contributed by atoms with van der Waals surface area (Å²) in [4.78, 5) is 3.72. The van der Waals surface area contributed by atoms with E-state index in [4.69, 9.17) is 11.6 Å². The van der Waals surface area contributed by atoms with Gasteiger partial charge < -0.3 is 0 Å². The first-order chi connectivity index (χ1) is 7.50. The van der Waals surface area contributed by atoms with E-state index in [0.29, 0.717) is 0 Å². The van der Waals surface area contributed by atoms with Gasteiger partial charge in [0.05, 0.1) is 4.90 Å². The van der Waals surface area contributed by atoms with E-state index in [0.717, 1.165) is 16.0 Å². The van der Waals surface area contributed by atoms with Crippen LogP contribution in [0.5, 0.6) is 0 Å². The fraction of sp³-hybridized carbons (Fsp3) is 0.111. The molecule has 0 amide bonds. The van der Waals surface area contributed by atoms with E-state index in [-0.39, 0.29) is 10.2 Å². The predicted molar refractivity (Wildman–Crippen MR) is 58.8 cm³/mol. The lowest BCUT2D eigenvalue weighted by molar-refractivity contribution is 0.580. The number of halogens is 1. The van der Waals surface area contributed by atoms with E-state index in [9.17, 15) is 8.42 Å². The molecule has 1 aromatic carbocycles. The number of benzene rings is 1. The Balaban J connectivity index is 2.51. The van der Waals surface area contributed by atoms with Crippen molar-refractivity contribution in [1.29, 1.82) is 0 Å². The van der Waals surface area contributed by atoms with Crippen LogP contribution >= 0.6 is 11.6 Å². The van der Waals surface area contributed by atoms with Crippen molar-refractivity contribution in [1.82, 2.24) is 14.2 Å². The van der Waals surface area contributed by atoms with Crippen molar-refractivity contribution in [2.24, 2.45) is 0 Å². The first kappa shape index (κ1) is 11.1. The summed E-state index contributed by atoms with van der Waals surface area (Å²) in [6.07, 6.45) is 1.07. The van der Waals surface area contributed by atoms with Crippen LogP contribution < -0.4 is 0 Å². The highest BCUT2D eigenvalue weighted by molar-refractivity contribution is 7.89. The van der Waals surface area contributed by atoms with Crippen molar-refractivity contribution in [3.63, 3.8) is 0 Å². The highest BCUT2D eigenvalue weighted by Gasteiger charge is 2.17. The summed E-state index contributed by atoms with van der Waals surface area (Å²) < 4.78 is 24.7. The molecule has 0 bridgehead atoms. The van der Waals surface area contributed by atoms with Crippen LogP contribution in [0.15, 0.2) is 35.5 Å². The molecular formula is C9H8ClN3O2S. The number of aromatic nitrogens is 3. The van der Waals surface area contributed by atoms with Crippen LogP contribution in [-0.2, 0) is 10.0 Å². The SMILES string of the molecule is Cc1ccc(S(=O)(=O)n2cnc(Cl)n2)cc1. The molecule has 2 aromatic rings. The highest BCUT2D eigenvalue weighted by Crippen LogP contribution is 2.13. The van der Waals surface area contributed by atoms with Crippen molar-refractivity contribution < 1.29 is 8.42 Å². The largest absolute Gasteiger partial charge is 0.284 e. The van der Waals surface area contributed by atoms with Crippen molar-refractivity contribution in [2.75, 3.05) is 0 Å². The van der Waals surface area contributed by atoms with Crippen molar-refractivity contribution in [3.05, 3.63) is 41.4 Å². The van der Waals surface area contributed by atoms with Crippen LogP contribution in [0.2, 0.25) is 5.28 Å². The molecule has 0 radical (unpaired) electrons. The molecule has 0 aliphatic rings. The normalized spacial score (nSPS) is 11.6. The van der Waals surface area contributed by atoms with Gasteiger partial charge in [-0.15, -0.1) is 9.19 Å². The second-order valence-electron chi connectivity index (χ2n) is 3.20. The summed E-state index contributed by atoms with van der Waals surface area (Å²) in [6.45, 7) is 1.88. The maximum absolute atomic E-state index is 12.0. The lowest BCUT2D eigenvalue weighted by Gasteiger charge is -2.03. The van der Waals surface area contributed by atoms with Gasteiger partial charge >= 0.3 is 0 Å². The maximum Gasteiger partial charge on any atom is 0.284 e. The molecule has 0 unspecified atom stereocenters. The van der Waals surface area contributed by atoms with E-state index in [1.54, 1.807) is 12.1 Å². The zero-order valence-corrected chi connectivity index (χ0v) is 9.90. The summed E-state index contributed by atoms with van der Waals surface area (Å²) in [5.74, 6) is 0. The molecule has 5 nitrogen and oxygen atoms in total. The number of nitrogens with zero attached hydrogens (tertiary/aromatic N) is 3. The van der Waals surface area contributed by atoms with Gasteiger partial charge in [0.25, 0.3) is 10.0 Å². The zero-order valence-electron chi connectivity index (χ0n) is 8.33. The van der Waals surface area contributed by atoms with Crippen LogP contribution in [0.4, 0.5) is 0 Å². The summed E-state index contributed by atoms with van der Waals surface area (Å²) in [6, 6.07) is 6.46. The lowest BCUT2D eigenvalue weighted by atomic mass is 10.2. The highest BCUT2D eigenvalue weighted by atomic mass is 35.5. The molecule has 0 aliphatic heterocycles. The van der Waals surface area contributed by atoms with E-state index in [1.807, 2.05) is 6.92 Å². The molecule has 0 atom stereocenters. The molecule has 2 rings (SSSR count). The van der Waals surface area contributed by atoms with Gasteiger partial charge in [-0.2, -0.15) is 8.42 Å². The third kappa shape index (κ3) is 1.94. The van der Waals surface area contributed by atoms with Crippen molar-refractivity contribution in [2.45, 2.75) is 11.8 Å². The monoisotopic (exact) mass is 257 g/mol. The summed E-state index contributed by atoms with van der Waals surface area (Å²) in [5.41, 5.74) is 0.982. The van der Waals surface area contributed by atoms with Crippen LogP contribution in [-0.4, -0.2) is 22.6 Å². The number of rotatable bonds is 2. The molecule has 7 heteroatoms. The fourth-order valence-corrected chi connectivity index (χ4v) is 2.39. The van der Waals surface area contributed by atoms with E-state index < -0.39 is 10.0 Å². The second-order valence-corrected chi connectivity index (χ2v) is 5.34. The topological polar surface area (TPSA) is 64.8 Å². The average Bonchev–Trinajstić information content (AvgIpc) is 2.66. The second kappa shape index (κ2) is 3.88. The van der Waals surface area contributed by atoms with E-state index >= 15 is 0 Å². The molecule has 16 heavy (non-hydrogen) atoms. The van der Waals surface area contributed by atoms with Crippen molar-refractivity contribution in [3.8, 4) is 0 Å². The smallest absolute Gasteiger partial charge is 0.204 e. The Morgan fingerprint density at radius 2 is 1.88 bits per heavy atom. The van der Waals surface area contributed by atoms with Gasteiger partial charge in [0.15, 0.2) is 0 Å². The van der Waals surface area contributed by atoms with Gasteiger partial charge in [0.1, 0.15) is 6.33 Å². The van der Waals surface area contributed by atoms with Gasteiger partial charge in [-0.1, -0.05) is 17.7 Å². The quantitative estimate of drug-likeness (QED) is 0.817. The Bertz CT molecular complexity index is 604. The minimum absolute atomic E-state index is 0.101. The number of hydrogen-bond donors (Lipinski definition) is 0. The Morgan fingerprint density at radius 1 is 1.25 bits per heavy atom. The summed E-state index contributed by atoms with van der Waals surface area (Å²) in [5, 5.41) is 3.46. The standard InChI is InChI=1S/C9H8ClN3O2S/c1-7-2-4-8(5-3-7)16(14,15)13-6-11-9(10)12-13/h2-6H,1H3. The molecule has 1 heterocycles. The van der Waals surface area contributed by atoms with Gasteiger partial charge in [-0.3, -0.25) is 0 Å². The molecule has 0 saturated heterocycles. The van der Waals surface area contributed by atoms with Gasteiger partial charge in [0, 0.05) is 0 Å². The number of hydrogen-bond acceptors (Lipinski definition) is 4. The van der Waals surface area contributed by atoms with Gasteiger partial charge in [-0.05, 0) is 30.7 Å². The molecule has 0 saturated carbocycles. The predicted octanol–water partition coefficient (Wildman–Crippen LogP) is 1.48. The van der Waals surface area contributed by atoms with Crippen LogP contribution in [0.1, 0.15) is 5.56 Å². The third-order valence-electron chi connectivity index (χ3n) is 2.01. The van der Waals surface area contributed by atoms with Crippen LogP contribution in [0, 0.1) is 6.92 Å². The molecule has 0 N–H and O–H groups in total. The average molecular weight is 258 g/mol. The Hall–Kier alpha value is -1.40. The molecule has 84 valence electrons. The van der Waals surface area contributed by atoms with Gasteiger partial charge in [-0.25, -0.2) is 4.98 Å². The van der Waals surface area contributed by atoms with E-state index in [1.165, 1.54) is 12.1 Å². The van der Waals surface area contributed by atoms with Crippen molar-refractivity contribution >= 4 is 21.6 Å². The third-order valence-corrected chi connectivity index (χ3v) is 3.72. The summed E-state index contributed by atoms with van der Waals surface area (Å²) >= 11 is 5.47. The first-order valence-corrected chi connectivity index (χ1v) is 6.21. The van der Waals surface area contributed by atoms with E-state index in [2.05, 4.69) is 10.1 Å². The van der Waals surface area contributed by atoms with Gasteiger partial charge in [0.2, 0.25) is 5.28 Å². The minimum Gasteiger partial charge on any atom is -0.204 e.